The van der Waals surface area contributed by atoms with Gasteiger partial charge in [0.25, 0.3) is 0 Å². The minimum atomic E-state index is -0.120. The number of ether oxygens (including phenoxy) is 1. The number of anilines is 1. The number of nitrogens with zero attached hydrogens (tertiary/aromatic N) is 4. The van der Waals surface area contributed by atoms with Gasteiger partial charge in [-0.3, -0.25) is 14.5 Å². The highest BCUT2D eigenvalue weighted by atomic mass is 32.1. The van der Waals surface area contributed by atoms with E-state index in [0.717, 1.165) is 49.5 Å². The summed E-state index contributed by atoms with van der Waals surface area (Å²) in [5.41, 5.74) is 1.10. The third kappa shape index (κ3) is 5.98. The molecule has 1 fully saturated rings. The summed E-state index contributed by atoms with van der Waals surface area (Å²) in [5.74, 6) is 0.562. The molecule has 0 aromatic carbocycles. The fourth-order valence-corrected chi connectivity index (χ4v) is 4.54. The summed E-state index contributed by atoms with van der Waals surface area (Å²) >= 11 is 1.49. The van der Waals surface area contributed by atoms with E-state index in [1.54, 1.807) is 20.2 Å². The van der Waals surface area contributed by atoms with Crippen LogP contribution in [0.1, 0.15) is 30.7 Å². The Kier molecular flexibility index (Phi) is 7.16. The van der Waals surface area contributed by atoms with E-state index in [1.165, 1.54) is 18.3 Å². The molecule has 1 aliphatic heterocycles. The zero-order valence-corrected chi connectivity index (χ0v) is 17.9. The SMILES string of the molecule is COc1cc(CC2CN(Cc3cnc(NC(C)=O)s3)CCCN2C(C)=O)ccn1. The van der Waals surface area contributed by atoms with Gasteiger partial charge in [-0.25, -0.2) is 9.97 Å². The molecule has 0 spiro atoms. The van der Waals surface area contributed by atoms with E-state index in [2.05, 4.69) is 20.2 Å². The van der Waals surface area contributed by atoms with Crippen molar-refractivity contribution in [3.63, 3.8) is 0 Å². The zero-order chi connectivity index (χ0) is 20.8. The smallest absolute Gasteiger partial charge is 0.223 e. The summed E-state index contributed by atoms with van der Waals surface area (Å²) in [4.78, 5) is 37.3. The number of methoxy groups -OCH3 is 1. The molecule has 0 aliphatic carbocycles. The molecule has 0 bridgehead atoms. The first kappa shape index (κ1) is 21.2. The fourth-order valence-electron chi connectivity index (χ4n) is 3.64. The van der Waals surface area contributed by atoms with Crippen LogP contribution in [-0.2, 0) is 22.6 Å². The van der Waals surface area contributed by atoms with Crippen LogP contribution < -0.4 is 10.1 Å². The molecule has 1 saturated heterocycles. The lowest BCUT2D eigenvalue weighted by molar-refractivity contribution is -0.131. The van der Waals surface area contributed by atoms with E-state index in [9.17, 15) is 9.59 Å². The van der Waals surface area contributed by atoms with E-state index in [-0.39, 0.29) is 17.9 Å². The standard InChI is InChI=1S/C20H27N5O3S/c1-14(26)23-20-22-11-18(29-20)13-24-7-4-8-25(15(2)27)17(12-24)9-16-5-6-21-19(10-16)28-3/h5-6,10-11,17H,4,7-9,12-13H2,1-3H3,(H,22,23,26). The van der Waals surface area contributed by atoms with Gasteiger partial charge in [0.2, 0.25) is 17.7 Å². The van der Waals surface area contributed by atoms with E-state index < -0.39 is 0 Å². The zero-order valence-electron chi connectivity index (χ0n) is 17.1. The van der Waals surface area contributed by atoms with Crippen LogP contribution in [0.4, 0.5) is 5.13 Å². The van der Waals surface area contributed by atoms with E-state index >= 15 is 0 Å². The Hall–Kier alpha value is -2.52. The van der Waals surface area contributed by atoms with Gasteiger partial charge in [-0.05, 0) is 24.5 Å². The van der Waals surface area contributed by atoms with Gasteiger partial charge in [0.1, 0.15) is 0 Å². The van der Waals surface area contributed by atoms with Crippen LogP contribution in [0, 0.1) is 0 Å². The first-order valence-electron chi connectivity index (χ1n) is 9.65. The molecule has 1 atom stereocenters. The summed E-state index contributed by atoms with van der Waals surface area (Å²) in [5, 5.41) is 3.35. The molecule has 3 heterocycles. The Labute approximate surface area is 174 Å². The van der Waals surface area contributed by atoms with Crippen LogP contribution in [0.2, 0.25) is 0 Å². The van der Waals surface area contributed by atoms with Crippen molar-refractivity contribution >= 4 is 28.3 Å². The molecule has 1 aliphatic rings. The number of carbonyl (C=O) groups is 2. The summed E-state index contributed by atoms with van der Waals surface area (Å²) in [6.45, 7) is 6.30. The third-order valence-corrected chi connectivity index (χ3v) is 5.78. The van der Waals surface area contributed by atoms with Gasteiger partial charge in [-0.1, -0.05) is 0 Å². The minimum absolute atomic E-state index is 0.0739. The Bertz CT molecular complexity index is 856. The minimum Gasteiger partial charge on any atom is -0.481 e. The van der Waals surface area contributed by atoms with Crippen LogP contribution in [0.5, 0.6) is 5.88 Å². The van der Waals surface area contributed by atoms with E-state index in [1.807, 2.05) is 23.2 Å². The highest BCUT2D eigenvalue weighted by Crippen LogP contribution is 2.23. The summed E-state index contributed by atoms with van der Waals surface area (Å²) in [6, 6.07) is 3.97. The van der Waals surface area contributed by atoms with Crippen molar-refractivity contribution in [1.82, 2.24) is 19.8 Å². The molecule has 2 amide bonds. The number of nitrogens with one attached hydrogen (secondary N) is 1. The van der Waals surface area contributed by atoms with Crippen molar-refractivity contribution < 1.29 is 14.3 Å². The Morgan fingerprint density at radius 3 is 2.86 bits per heavy atom. The van der Waals surface area contributed by atoms with Crippen LogP contribution in [-0.4, -0.2) is 64.4 Å². The topological polar surface area (TPSA) is 87.7 Å². The molecule has 1 N–H and O–H groups in total. The van der Waals surface area contributed by atoms with Gasteiger partial charge in [0, 0.05) is 69.4 Å². The molecule has 0 saturated carbocycles. The van der Waals surface area contributed by atoms with Gasteiger partial charge in [-0.15, -0.1) is 11.3 Å². The molecule has 156 valence electrons. The Balaban J connectivity index is 1.72. The molecule has 2 aromatic heterocycles. The van der Waals surface area contributed by atoms with Gasteiger partial charge in [0.05, 0.1) is 7.11 Å². The van der Waals surface area contributed by atoms with Crippen molar-refractivity contribution in [2.45, 2.75) is 39.3 Å². The Morgan fingerprint density at radius 1 is 1.31 bits per heavy atom. The van der Waals surface area contributed by atoms with Crippen molar-refractivity contribution in [2.24, 2.45) is 0 Å². The second kappa shape index (κ2) is 9.80. The van der Waals surface area contributed by atoms with Crippen LogP contribution in [0.15, 0.2) is 24.5 Å². The largest absolute Gasteiger partial charge is 0.481 e. The molecule has 0 radical (unpaired) electrons. The number of amides is 2. The van der Waals surface area contributed by atoms with E-state index in [4.69, 9.17) is 4.74 Å². The average Bonchev–Trinajstić information content (AvgIpc) is 3.00. The van der Waals surface area contributed by atoms with E-state index in [0.29, 0.717) is 11.0 Å². The second-order valence-corrected chi connectivity index (χ2v) is 8.29. The fraction of sp³-hybridized carbons (Fsp3) is 0.500. The van der Waals surface area contributed by atoms with Crippen molar-refractivity contribution in [3.8, 4) is 5.88 Å². The Morgan fingerprint density at radius 2 is 2.14 bits per heavy atom. The van der Waals surface area contributed by atoms with Crippen molar-refractivity contribution in [3.05, 3.63) is 35.0 Å². The number of carbonyl (C=O) groups excluding carboxylic acids is 2. The van der Waals surface area contributed by atoms with Crippen LogP contribution in [0.25, 0.3) is 0 Å². The lowest BCUT2D eigenvalue weighted by atomic mass is 10.1. The molecular weight excluding hydrogens is 390 g/mol. The lowest BCUT2D eigenvalue weighted by Gasteiger charge is -2.31. The van der Waals surface area contributed by atoms with Crippen LogP contribution in [0.3, 0.4) is 0 Å². The van der Waals surface area contributed by atoms with Gasteiger partial charge >= 0.3 is 0 Å². The van der Waals surface area contributed by atoms with Crippen LogP contribution >= 0.6 is 11.3 Å². The molecular formula is C20H27N5O3S. The normalized spacial score (nSPS) is 17.6. The highest BCUT2D eigenvalue weighted by Gasteiger charge is 2.27. The highest BCUT2D eigenvalue weighted by molar-refractivity contribution is 7.15. The molecule has 9 heteroatoms. The maximum absolute atomic E-state index is 12.3. The lowest BCUT2D eigenvalue weighted by Crippen LogP contribution is -2.44. The number of aromatic nitrogens is 2. The third-order valence-electron chi connectivity index (χ3n) is 4.88. The monoisotopic (exact) mass is 417 g/mol. The molecule has 2 aromatic rings. The number of hydrogen-bond acceptors (Lipinski definition) is 7. The quantitative estimate of drug-likeness (QED) is 0.775. The first-order chi connectivity index (χ1) is 13.9. The van der Waals surface area contributed by atoms with Gasteiger partial charge < -0.3 is 15.0 Å². The van der Waals surface area contributed by atoms with Crippen molar-refractivity contribution in [2.75, 3.05) is 32.1 Å². The van der Waals surface area contributed by atoms with Gasteiger partial charge in [-0.2, -0.15) is 0 Å². The van der Waals surface area contributed by atoms with Crippen molar-refractivity contribution in [1.29, 1.82) is 0 Å². The molecule has 1 unspecified atom stereocenters. The predicted molar refractivity (Wildman–Crippen MR) is 112 cm³/mol. The average molecular weight is 418 g/mol. The predicted octanol–water partition coefficient (Wildman–Crippen LogP) is 2.17. The molecule has 29 heavy (non-hydrogen) atoms. The molecule has 8 nitrogen and oxygen atoms in total. The summed E-state index contributed by atoms with van der Waals surface area (Å²) in [6.07, 6.45) is 5.22. The number of thiazole rings is 1. The number of hydrogen-bond donors (Lipinski definition) is 1. The summed E-state index contributed by atoms with van der Waals surface area (Å²) < 4.78 is 5.24. The number of pyridine rings is 1. The molecule has 3 rings (SSSR count). The second-order valence-electron chi connectivity index (χ2n) is 7.18. The number of rotatable bonds is 6. The summed E-state index contributed by atoms with van der Waals surface area (Å²) in [7, 11) is 1.60. The first-order valence-corrected chi connectivity index (χ1v) is 10.5. The van der Waals surface area contributed by atoms with Gasteiger partial charge in [0.15, 0.2) is 5.13 Å². The maximum Gasteiger partial charge on any atom is 0.223 e. The maximum atomic E-state index is 12.3.